The molecule has 106 valence electrons. The Hall–Kier alpha value is -1.12. The molecule has 0 aromatic carbocycles. The van der Waals surface area contributed by atoms with E-state index in [9.17, 15) is 22.8 Å². The number of carboxylic acids is 1. The minimum atomic E-state index is -4.33. The lowest BCUT2D eigenvalue weighted by Crippen LogP contribution is -2.46. The number of nitrogens with one attached hydrogen (secondary N) is 2. The average molecular weight is 288 g/mol. The molecule has 18 heavy (non-hydrogen) atoms. The molecule has 0 aliphatic rings. The highest BCUT2D eigenvalue weighted by Crippen LogP contribution is 2.29. The number of alkyl halides is 3. The van der Waals surface area contributed by atoms with Gasteiger partial charge in [0.1, 0.15) is 6.04 Å². The Morgan fingerprint density at radius 1 is 1.39 bits per heavy atom. The van der Waals surface area contributed by atoms with Gasteiger partial charge in [0.25, 0.3) is 0 Å². The number of hydrogen-bond acceptors (Lipinski definition) is 3. The number of thioether (sulfide) groups is 1. The third-order valence-corrected chi connectivity index (χ3v) is 2.57. The van der Waals surface area contributed by atoms with Gasteiger partial charge in [0.15, 0.2) is 0 Å². The molecule has 0 bridgehead atoms. The molecule has 2 amide bonds. The third kappa shape index (κ3) is 8.97. The summed E-state index contributed by atoms with van der Waals surface area (Å²) >= 11 is -0.248. The monoisotopic (exact) mass is 288 g/mol. The van der Waals surface area contributed by atoms with E-state index in [1.165, 1.54) is 0 Å². The Balaban J connectivity index is 3.85. The summed E-state index contributed by atoms with van der Waals surface area (Å²) in [5, 5.41) is 13.1. The molecule has 0 aliphatic heterocycles. The van der Waals surface area contributed by atoms with Gasteiger partial charge in [-0.2, -0.15) is 13.2 Å². The highest BCUT2D eigenvalue weighted by molar-refractivity contribution is 8.00. The molecule has 0 aromatic rings. The van der Waals surface area contributed by atoms with Crippen molar-refractivity contribution in [1.29, 1.82) is 0 Å². The lowest BCUT2D eigenvalue weighted by atomic mass is 10.2. The van der Waals surface area contributed by atoms with E-state index in [2.05, 4.69) is 10.6 Å². The maximum absolute atomic E-state index is 11.8. The quantitative estimate of drug-likeness (QED) is 0.624. The minimum absolute atomic E-state index is 0.186. The Morgan fingerprint density at radius 3 is 2.44 bits per heavy atom. The van der Waals surface area contributed by atoms with Crippen LogP contribution in [0.3, 0.4) is 0 Å². The Bertz CT molecular complexity index is 287. The molecule has 5 nitrogen and oxygen atoms in total. The van der Waals surface area contributed by atoms with Crippen molar-refractivity contribution in [3.8, 4) is 0 Å². The van der Waals surface area contributed by atoms with Crippen LogP contribution in [0.1, 0.15) is 19.8 Å². The van der Waals surface area contributed by atoms with E-state index in [0.29, 0.717) is 6.42 Å². The normalized spacial score (nSPS) is 12.9. The third-order valence-electron chi connectivity index (χ3n) is 1.83. The summed E-state index contributed by atoms with van der Waals surface area (Å²) in [5.41, 5.74) is -4.33. The van der Waals surface area contributed by atoms with Gasteiger partial charge in [-0.15, -0.1) is 0 Å². The van der Waals surface area contributed by atoms with Gasteiger partial charge < -0.3 is 15.7 Å². The molecule has 0 radical (unpaired) electrons. The minimum Gasteiger partial charge on any atom is -0.480 e. The second kappa shape index (κ2) is 8.06. The standard InChI is InChI=1S/C9H15F3N2O3S/c1-2-3-6(7(15)16)14-8(17)13-4-5-18-9(10,11)12/h6H,2-5H2,1H3,(H,15,16)(H2,13,14,17). The van der Waals surface area contributed by atoms with Crippen LogP contribution < -0.4 is 10.6 Å². The van der Waals surface area contributed by atoms with Crippen LogP contribution in [-0.2, 0) is 4.79 Å². The molecular formula is C9H15F3N2O3S. The number of amides is 2. The van der Waals surface area contributed by atoms with E-state index in [0.717, 1.165) is 0 Å². The Labute approximate surface area is 106 Å². The van der Waals surface area contributed by atoms with Gasteiger partial charge >= 0.3 is 17.5 Å². The van der Waals surface area contributed by atoms with Crippen molar-refractivity contribution >= 4 is 23.8 Å². The lowest BCUT2D eigenvalue weighted by molar-refractivity contribution is -0.139. The fraction of sp³-hybridized carbons (Fsp3) is 0.778. The number of rotatable bonds is 7. The van der Waals surface area contributed by atoms with E-state index in [4.69, 9.17) is 5.11 Å². The number of carbonyl (C=O) groups excluding carboxylic acids is 1. The fourth-order valence-corrected chi connectivity index (χ4v) is 1.52. The zero-order chi connectivity index (χ0) is 14.2. The number of halogens is 3. The largest absolute Gasteiger partial charge is 0.480 e. The number of carboxylic acid groups (broad SMARTS) is 1. The molecule has 0 fully saturated rings. The number of urea groups is 1. The van der Waals surface area contributed by atoms with Crippen molar-refractivity contribution in [3.05, 3.63) is 0 Å². The first-order valence-electron chi connectivity index (χ1n) is 5.24. The zero-order valence-electron chi connectivity index (χ0n) is 9.71. The van der Waals surface area contributed by atoms with Crippen LogP contribution in [0.5, 0.6) is 0 Å². The van der Waals surface area contributed by atoms with Gasteiger partial charge in [0, 0.05) is 12.3 Å². The van der Waals surface area contributed by atoms with E-state index in [1.54, 1.807) is 6.92 Å². The lowest BCUT2D eigenvalue weighted by Gasteiger charge is -2.14. The van der Waals surface area contributed by atoms with Crippen molar-refractivity contribution in [1.82, 2.24) is 10.6 Å². The van der Waals surface area contributed by atoms with Crippen molar-refractivity contribution in [2.45, 2.75) is 31.3 Å². The van der Waals surface area contributed by atoms with Crippen LogP contribution in [0.4, 0.5) is 18.0 Å². The molecular weight excluding hydrogens is 273 g/mol. The summed E-state index contributed by atoms with van der Waals surface area (Å²) in [6.45, 7) is 1.57. The maximum atomic E-state index is 11.8. The summed E-state index contributed by atoms with van der Waals surface area (Å²) in [4.78, 5) is 21.9. The van der Waals surface area contributed by atoms with Gasteiger partial charge in [-0.05, 0) is 18.2 Å². The van der Waals surface area contributed by atoms with Gasteiger partial charge in [0.2, 0.25) is 0 Å². The predicted molar refractivity (Wildman–Crippen MR) is 61.4 cm³/mol. The number of aliphatic carboxylic acids is 1. The van der Waals surface area contributed by atoms with Crippen LogP contribution >= 0.6 is 11.8 Å². The van der Waals surface area contributed by atoms with Crippen molar-refractivity contribution in [3.63, 3.8) is 0 Å². The second-order valence-corrected chi connectivity index (χ2v) is 4.53. The average Bonchev–Trinajstić information content (AvgIpc) is 2.22. The second-order valence-electron chi connectivity index (χ2n) is 3.37. The van der Waals surface area contributed by atoms with Crippen LogP contribution in [-0.4, -0.2) is 41.0 Å². The summed E-state index contributed by atoms with van der Waals surface area (Å²) in [6.07, 6.45) is 0.835. The zero-order valence-corrected chi connectivity index (χ0v) is 10.5. The molecule has 0 spiro atoms. The SMILES string of the molecule is CCCC(NC(=O)NCCSC(F)(F)F)C(=O)O. The van der Waals surface area contributed by atoms with E-state index in [1.807, 2.05) is 0 Å². The highest BCUT2D eigenvalue weighted by atomic mass is 32.2. The van der Waals surface area contributed by atoms with Crippen LogP contribution in [0.15, 0.2) is 0 Å². The molecule has 0 saturated carbocycles. The number of hydrogen-bond donors (Lipinski definition) is 3. The first kappa shape index (κ1) is 16.9. The smallest absolute Gasteiger partial charge is 0.441 e. The topological polar surface area (TPSA) is 78.4 Å². The van der Waals surface area contributed by atoms with Gasteiger partial charge in [-0.3, -0.25) is 0 Å². The molecule has 1 unspecified atom stereocenters. The molecule has 0 aliphatic carbocycles. The van der Waals surface area contributed by atoms with Crippen molar-refractivity contribution < 1.29 is 27.9 Å². The van der Waals surface area contributed by atoms with Gasteiger partial charge in [0.05, 0.1) is 0 Å². The first-order valence-corrected chi connectivity index (χ1v) is 6.22. The fourth-order valence-electron chi connectivity index (χ4n) is 1.09. The summed E-state index contributed by atoms with van der Waals surface area (Å²) in [6, 6.07) is -1.80. The van der Waals surface area contributed by atoms with Crippen LogP contribution in [0.2, 0.25) is 0 Å². The van der Waals surface area contributed by atoms with Crippen molar-refractivity contribution in [2.24, 2.45) is 0 Å². The molecule has 3 N–H and O–H groups in total. The summed E-state index contributed by atoms with van der Waals surface area (Å²) < 4.78 is 35.3. The van der Waals surface area contributed by atoms with Gasteiger partial charge in [-0.1, -0.05) is 13.3 Å². The Kier molecular flexibility index (Phi) is 7.56. The number of carbonyl (C=O) groups is 2. The summed E-state index contributed by atoms with van der Waals surface area (Å²) in [7, 11) is 0. The maximum Gasteiger partial charge on any atom is 0.441 e. The molecule has 0 saturated heterocycles. The molecule has 9 heteroatoms. The summed E-state index contributed by atoms with van der Waals surface area (Å²) in [5.74, 6) is -1.49. The Morgan fingerprint density at radius 2 is 2.00 bits per heavy atom. The van der Waals surface area contributed by atoms with E-state index >= 15 is 0 Å². The molecule has 0 heterocycles. The van der Waals surface area contributed by atoms with Crippen molar-refractivity contribution in [2.75, 3.05) is 12.3 Å². The van der Waals surface area contributed by atoms with Gasteiger partial charge in [-0.25, -0.2) is 9.59 Å². The molecule has 0 rings (SSSR count). The first-order chi connectivity index (χ1) is 8.26. The molecule has 1 atom stereocenters. The van der Waals surface area contributed by atoms with E-state index < -0.39 is 23.6 Å². The van der Waals surface area contributed by atoms with E-state index in [-0.39, 0.29) is 30.5 Å². The van der Waals surface area contributed by atoms with Crippen LogP contribution in [0.25, 0.3) is 0 Å². The highest BCUT2D eigenvalue weighted by Gasteiger charge is 2.27. The molecule has 0 aromatic heterocycles. The van der Waals surface area contributed by atoms with Crippen LogP contribution in [0, 0.1) is 0 Å². The predicted octanol–water partition coefficient (Wildman–Crippen LogP) is 1.79.